The van der Waals surface area contributed by atoms with Gasteiger partial charge in [-0.3, -0.25) is 9.69 Å². The van der Waals surface area contributed by atoms with E-state index in [4.69, 9.17) is 0 Å². The third-order valence-corrected chi connectivity index (χ3v) is 7.93. The van der Waals surface area contributed by atoms with Gasteiger partial charge in [0.2, 0.25) is 10.0 Å². The number of nitrogens with one attached hydrogen (secondary N) is 1. The Morgan fingerprint density at radius 3 is 2.48 bits per heavy atom. The lowest BCUT2D eigenvalue weighted by atomic mass is 10.00. The van der Waals surface area contributed by atoms with Crippen molar-refractivity contribution in [3.8, 4) is 0 Å². The summed E-state index contributed by atoms with van der Waals surface area (Å²) >= 11 is 0. The average molecular weight is 447 g/mol. The van der Waals surface area contributed by atoms with E-state index in [-0.39, 0.29) is 10.8 Å². The van der Waals surface area contributed by atoms with E-state index in [0.29, 0.717) is 24.5 Å². The molecule has 8 heteroatoms. The second-order valence-corrected chi connectivity index (χ2v) is 10.3. The van der Waals surface area contributed by atoms with Crippen molar-refractivity contribution in [1.82, 2.24) is 13.8 Å². The van der Waals surface area contributed by atoms with E-state index in [2.05, 4.69) is 17.1 Å². The van der Waals surface area contributed by atoms with Gasteiger partial charge in [0, 0.05) is 45.1 Å². The fraction of sp³-hybridized carbons (Fsp3) is 0.522. The van der Waals surface area contributed by atoms with E-state index in [1.54, 1.807) is 25.5 Å². The van der Waals surface area contributed by atoms with Gasteiger partial charge in [-0.25, -0.2) is 8.42 Å². The first-order valence-corrected chi connectivity index (χ1v) is 12.5. The minimum atomic E-state index is -3.61. The van der Waals surface area contributed by atoms with Crippen LogP contribution in [0.25, 0.3) is 0 Å². The molecule has 1 fully saturated rings. The van der Waals surface area contributed by atoms with Crippen LogP contribution in [0.5, 0.6) is 0 Å². The number of hydrogen-bond donors (Lipinski definition) is 1. The van der Waals surface area contributed by atoms with Crippen LogP contribution in [-0.4, -0.2) is 54.3 Å². The molecule has 2 aromatic rings. The Labute approximate surface area is 186 Å². The fourth-order valence-electron chi connectivity index (χ4n) is 4.19. The van der Waals surface area contributed by atoms with Gasteiger partial charge in [-0.05, 0) is 49.1 Å². The van der Waals surface area contributed by atoms with Crippen molar-refractivity contribution >= 4 is 21.6 Å². The van der Waals surface area contributed by atoms with Crippen molar-refractivity contribution in [3.05, 3.63) is 47.8 Å². The number of carbonyl (C=O) groups excluding carboxylic acids is 1. The Bertz CT molecular complexity index is 994. The lowest BCUT2D eigenvalue weighted by molar-refractivity contribution is 0.101. The second-order valence-electron chi connectivity index (χ2n) is 8.39. The van der Waals surface area contributed by atoms with Crippen molar-refractivity contribution in [2.24, 2.45) is 13.0 Å². The molecular formula is C23H34N4O3S. The number of aryl methyl sites for hydroxylation is 1. The quantitative estimate of drug-likeness (QED) is 0.673. The number of hydrogen-bond acceptors (Lipinski definition) is 4. The predicted molar refractivity (Wildman–Crippen MR) is 124 cm³/mol. The van der Waals surface area contributed by atoms with E-state index in [0.717, 1.165) is 25.6 Å². The first-order chi connectivity index (χ1) is 14.7. The number of piperidine rings is 1. The number of rotatable bonds is 8. The fourth-order valence-corrected chi connectivity index (χ4v) is 5.72. The molecule has 0 saturated carbocycles. The molecule has 1 N–H and O–H groups in total. The summed E-state index contributed by atoms with van der Waals surface area (Å²) in [6.45, 7) is 9.85. The molecule has 0 aliphatic carbocycles. The summed E-state index contributed by atoms with van der Waals surface area (Å²) in [5.41, 5.74) is 2.21. The van der Waals surface area contributed by atoms with E-state index >= 15 is 0 Å². The minimum Gasteiger partial charge on any atom is -0.345 e. The van der Waals surface area contributed by atoms with Crippen molar-refractivity contribution in [1.29, 1.82) is 0 Å². The zero-order valence-corrected chi connectivity index (χ0v) is 19.8. The number of sulfonamides is 1. The summed E-state index contributed by atoms with van der Waals surface area (Å²) in [6, 6.07) is 9.31. The second kappa shape index (κ2) is 9.97. The SMILES string of the molecule is CCN(CC)S(=O)(=O)c1cc(C(=O)Nc2ccc(CN3CCCC(C)C3)cc2)n(C)c1. The Kier molecular flexibility index (Phi) is 7.56. The van der Waals surface area contributed by atoms with Crippen LogP contribution < -0.4 is 5.32 Å². The Hall–Kier alpha value is -2.16. The van der Waals surface area contributed by atoms with Crippen LogP contribution in [0.4, 0.5) is 5.69 Å². The molecule has 1 aromatic carbocycles. The van der Waals surface area contributed by atoms with E-state index < -0.39 is 10.0 Å². The van der Waals surface area contributed by atoms with Gasteiger partial charge in [-0.15, -0.1) is 0 Å². The highest BCUT2D eigenvalue weighted by Crippen LogP contribution is 2.21. The lowest BCUT2D eigenvalue weighted by Gasteiger charge is -2.30. The maximum absolute atomic E-state index is 12.8. The van der Waals surface area contributed by atoms with E-state index in [1.807, 2.05) is 24.3 Å². The Morgan fingerprint density at radius 2 is 1.87 bits per heavy atom. The zero-order valence-electron chi connectivity index (χ0n) is 19.0. The molecule has 1 aliphatic heterocycles. The molecule has 1 atom stereocenters. The molecule has 2 heterocycles. The van der Waals surface area contributed by atoms with Crippen LogP contribution in [0, 0.1) is 5.92 Å². The normalized spacial score (nSPS) is 17.8. The van der Waals surface area contributed by atoms with Crippen molar-refractivity contribution in [2.75, 3.05) is 31.5 Å². The van der Waals surface area contributed by atoms with Crippen LogP contribution in [-0.2, 0) is 23.6 Å². The van der Waals surface area contributed by atoms with Crippen molar-refractivity contribution in [2.45, 2.75) is 45.1 Å². The zero-order chi connectivity index (χ0) is 22.6. The van der Waals surface area contributed by atoms with Gasteiger partial charge in [0.25, 0.3) is 5.91 Å². The first-order valence-electron chi connectivity index (χ1n) is 11.0. The molecule has 1 amide bonds. The maximum Gasteiger partial charge on any atom is 0.272 e. The Balaban J connectivity index is 1.67. The van der Waals surface area contributed by atoms with Crippen LogP contribution in [0.3, 0.4) is 0 Å². The first kappa shape index (κ1) is 23.5. The molecule has 1 aromatic heterocycles. The number of nitrogens with zero attached hydrogens (tertiary/aromatic N) is 3. The van der Waals surface area contributed by atoms with E-state index in [1.165, 1.54) is 35.0 Å². The summed E-state index contributed by atoms with van der Waals surface area (Å²) in [6.07, 6.45) is 4.04. The highest BCUT2D eigenvalue weighted by atomic mass is 32.2. The van der Waals surface area contributed by atoms with Crippen LogP contribution in [0.1, 0.15) is 49.7 Å². The van der Waals surface area contributed by atoms with Crippen molar-refractivity contribution in [3.63, 3.8) is 0 Å². The van der Waals surface area contributed by atoms with Gasteiger partial charge in [0.05, 0.1) is 0 Å². The number of benzene rings is 1. The third kappa shape index (κ3) is 5.56. The van der Waals surface area contributed by atoms with Gasteiger partial charge in [-0.1, -0.05) is 32.9 Å². The average Bonchev–Trinajstić information content (AvgIpc) is 3.13. The molecule has 170 valence electrons. The highest BCUT2D eigenvalue weighted by Gasteiger charge is 2.25. The summed E-state index contributed by atoms with van der Waals surface area (Å²) in [4.78, 5) is 15.4. The van der Waals surface area contributed by atoms with E-state index in [9.17, 15) is 13.2 Å². The largest absolute Gasteiger partial charge is 0.345 e. The molecule has 1 aliphatic rings. The molecule has 0 spiro atoms. The van der Waals surface area contributed by atoms with Gasteiger partial charge in [0.15, 0.2) is 0 Å². The standard InChI is InChI=1S/C23H34N4O3S/c1-5-27(6-2)31(29,30)21-14-22(25(4)17-21)23(28)24-20-11-9-19(10-12-20)16-26-13-7-8-18(3)15-26/h9-12,14,17-18H,5-8,13,15-16H2,1-4H3,(H,24,28). The Morgan fingerprint density at radius 1 is 1.19 bits per heavy atom. The number of amides is 1. The number of carbonyl (C=O) groups is 1. The molecule has 0 bridgehead atoms. The van der Waals surface area contributed by atoms with Gasteiger partial charge in [-0.2, -0.15) is 4.31 Å². The molecular weight excluding hydrogens is 412 g/mol. The summed E-state index contributed by atoms with van der Waals surface area (Å²) in [5.74, 6) is 0.411. The highest BCUT2D eigenvalue weighted by molar-refractivity contribution is 7.89. The smallest absolute Gasteiger partial charge is 0.272 e. The molecule has 1 unspecified atom stereocenters. The molecule has 3 rings (SSSR count). The maximum atomic E-state index is 12.8. The van der Waals surface area contributed by atoms with Crippen LogP contribution in [0.2, 0.25) is 0 Å². The number of anilines is 1. The van der Waals surface area contributed by atoms with Gasteiger partial charge >= 0.3 is 0 Å². The number of likely N-dealkylation sites (tertiary alicyclic amines) is 1. The van der Waals surface area contributed by atoms with Gasteiger partial charge in [0.1, 0.15) is 10.6 Å². The van der Waals surface area contributed by atoms with Crippen LogP contribution >= 0.6 is 0 Å². The van der Waals surface area contributed by atoms with Crippen LogP contribution in [0.15, 0.2) is 41.4 Å². The van der Waals surface area contributed by atoms with Crippen molar-refractivity contribution < 1.29 is 13.2 Å². The third-order valence-electron chi connectivity index (χ3n) is 5.91. The molecule has 0 radical (unpaired) electrons. The minimum absolute atomic E-state index is 0.134. The lowest BCUT2D eigenvalue weighted by Crippen LogP contribution is -2.33. The summed E-state index contributed by atoms with van der Waals surface area (Å²) < 4.78 is 28.4. The molecule has 1 saturated heterocycles. The molecule has 31 heavy (non-hydrogen) atoms. The predicted octanol–water partition coefficient (Wildman–Crippen LogP) is 3.54. The van der Waals surface area contributed by atoms with Gasteiger partial charge < -0.3 is 9.88 Å². The monoisotopic (exact) mass is 446 g/mol. The number of aromatic nitrogens is 1. The summed E-state index contributed by atoms with van der Waals surface area (Å²) in [5, 5.41) is 2.88. The topological polar surface area (TPSA) is 74.7 Å². The summed E-state index contributed by atoms with van der Waals surface area (Å²) in [7, 11) is -1.93. The molecule has 7 nitrogen and oxygen atoms in total.